The minimum absolute atomic E-state index is 0.118. The molecule has 0 saturated carbocycles. The third-order valence-electron chi connectivity index (χ3n) is 4.47. The molecule has 0 spiro atoms. The molecule has 0 fully saturated rings. The molecule has 1 aliphatic rings. The summed E-state index contributed by atoms with van der Waals surface area (Å²) in [7, 11) is 0. The number of benzene rings is 2. The molecule has 0 radical (unpaired) electrons. The molecule has 0 unspecified atom stereocenters. The molecule has 2 aromatic carbocycles. The maximum atomic E-state index is 13.2. The summed E-state index contributed by atoms with van der Waals surface area (Å²) in [5.41, 5.74) is 1.68. The van der Waals surface area contributed by atoms with Gasteiger partial charge in [0.1, 0.15) is 12.4 Å². The summed E-state index contributed by atoms with van der Waals surface area (Å²) in [6.07, 6.45) is 0. The summed E-state index contributed by atoms with van der Waals surface area (Å²) in [6.45, 7) is 3.81. The van der Waals surface area contributed by atoms with Crippen LogP contribution in [-0.4, -0.2) is 29.3 Å². The lowest BCUT2D eigenvalue weighted by atomic mass is 9.90. The van der Waals surface area contributed by atoms with E-state index in [2.05, 4.69) is 0 Å². The van der Waals surface area contributed by atoms with Crippen molar-refractivity contribution in [2.45, 2.75) is 19.4 Å². The molecule has 1 N–H and O–H groups in total. The zero-order valence-electron chi connectivity index (χ0n) is 13.9. The number of carbonyl (C=O) groups excluding carboxylic acids is 1. The lowest BCUT2D eigenvalue weighted by Crippen LogP contribution is -2.49. The Kier molecular flexibility index (Phi) is 4.40. The Morgan fingerprint density at radius 2 is 1.62 bits per heavy atom. The maximum Gasteiger partial charge on any atom is 0.261 e. The molecule has 4 heteroatoms. The van der Waals surface area contributed by atoms with Crippen LogP contribution >= 0.6 is 0 Å². The summed E-state index contributed by atoms with van der Waals surface area (Å²) in [4.78, 5) is 14.9. The number of aliphatic hydroxyl groups excluding tert-OH is 1. The van der Waals surface area contributed by atoms with Crippen molar-refractivity contribution >= 4 is 11.5 Å². The third-order valence-corrected chi connectivity index (χ3v) is 4.47. The van der Waals surface area contributed by atoms with Crippen LogP contribution in [0.15, 0.2) is 66.4 Å². The van der Waals surface area contributed by atoms with Crippen molar-refractivity contribution in [3.63, 3.8) is 0 Å². The molecule has 0 aliphatic carbocycles. The number of amides is 1. The minimum atomic E-state index is -0.528. The van der Waals surface area contributed by atoms with Gasteiger partial charge in [-0.3, -0.25) is 9.69 Å². The molecule has 1 heterocycles. The average molecular weight is 323 g/mol. The van der Waals surface area contributed by atoms with Crippen LogP contribution in [0.2, 0.25) is 0 Å². The van der Waals surface area contributed by atoms with E-state index in [0.717, 1.165) is 11.1 Å². The summed E-state index contributed by atoms with van der Waals surface area (Å²) < 4.78 is 5.72. The third kappa shape index (κ3) is 2.81. The summed E-state index contributed by atoms with van der Waals surface area (Å²) in [5, 5.41) is 9.59. The van der Waals surface area contributed by atoms with Crippen LogP contribution < -0.4 is 0 Å². The molecule has 0 aromatic heterocycles. The van der Waals surface area contributed by atoms with E-state index in [1.54, 1.807) is 4.90 Å². The van der Waals surface area contributed by atoms with E-state index >= 15 is 0 Å². The minimum Gasteiger partial charge on any atom is -0.474 e. The van der Waals surface area contributed by atoms with Gasteiger partial charge in [-0.1, -0.05) is 60.7 Å². The Labute approximate surface area is 142 Å². The molecule has 1 aliphatic heterocycles. The zero-order valence-corrected chi connectivity index (χ0v) is 13.9. The van der Waals surface area contributed by atoms with Crippen LogP contribution in [0.1, 0.15) is 25.0 Å². The van der Waals surface area contributed by atoms with Gasteiger partial charge in [0.25, 0.3) is 5.91 Å². The SMILES string of the molecule is CC(C)(c1ccccc1)N1COC(CO)=C(c2ccccc2)C1=O. The molecular weight excluding hydrogens is 302 g/mol. The Bertz CT molecular complexity index is 751. The van der Waals surface area contributed by atoms with Gasteiger partial charge in [0.15, 0.2) is 6.73 Å². The summed E-state index contributed by atoms with van der Waals surface area (Å²) in [6, 6.07) is 19.2. The molecule has 2 aromatic rings. The Balaban J connectivity index is 2.02. The van der Waals surface area contributed by atoms with E-state index in [4.69, 9.17) is 4.74 Å². The highest BCUT2D eigenvalue weighted by Crippen LogP contribution is 2.35. The predicted octanol–water partition coefficient (Wildman–Crippen LogP) is 3.14. The van der Waals surface area contributed by atoms with Gasteiger partial charge in [-0.05, 0) is 25.0 Å². The van der Waals surface area contributed by atoms with E-state index in [1.165, 1.54) is 0 Å². The molecule has 4 nitrogen and oxygen atoms in total. The fraction of sp³-hybridized carbons (Fsp3) is 0.250. The predicted molar refractivity (Wildman–Crippen MR) is 92.7 cm³/mol. The first-order chi connectivity index (χ1) is 11.6. The van der Waals surface area contributed by atoms with E-state index in [-0.39, 0.29) is 19.2 Å². The smallest absolute Gasteiger partial charge is 0.261 e. The van der Waals surface area contributed by atoms with Crippen LogP contribution in [-0.2, 0) is 15.1 Å². The number of carbonyl (C=O) groups is 1. The first kappa shape index (κ1) is 16.3. The van der Waals surface area contributed by atoms with E-state index in [0.29, 0.717) is 11.3 Å². The van der Waals surface area contributed by atoms with Crippen LogP contribution in [0.5, 0.6) is 0 Å². The van der Waals surface area contributed by atoms with Crippen LogP contribution in [0.25, 0.3) is 5.57 Å². The number of rotatable bonds is 4. The lowest BCUT2D eigenvalue weighted by Gasteiger charge is -2.42. The second-order valence-electron chi connectivity index (χ2n) is 6.25. The molecule has 124 valence electrons. The van der Waals surface area contributed by atoms with Crippen molar-refractivity contribution < 1.29 is 14.6 Å². The molecule has 0 saturated heterocycles. The van der Waals surface area contributed by atoms with Crippen molar-refractivity contribution in [3.8, 4) is 0 Å². The van der Waals surface area contributed by atoms with Crippen molar-refractivity contribution in [1.82, 2.24) is 4.90 Å². The normalized spacial score (nSPS) is 15.5. The van der Waals surface area contributed by atoms with Gasteiger partial charge in [0, 0.05) is 0 Å². The van der Waals surface area contributed by atoms with Crippen molar-refractivity contribution in [2.24, 2.45) is 0 Å². The van der Waals surface area contributed by atoms with Gasteiger partial charge in [-0.15, -0.1) is 0 Å². The summed E-state index contributed by atoms with van der Waals surface area (Å²) >= 11 is 0. The Morgan fingerprint density at radius 3 is 2.21 bits per heavy atom. The second-order valence-corrected chi connectivity index (χ2v) is 6.25. The average Bonchev–Trinajstić information content (AvgIpc) is 2.62. The van der Waals surface area contributed by atoms with Gasteiger partial charge < -0.3 is 9.84 Å². The van der Waals surface area contributed by atoms with Crippen LogP contribution in [0, 0.1) is 0 Å². The first-order valence-electron chi connectivity index (χ1n) is 7.95. The second kappa shape index (κ2) is 6.49. The van der Waals surface area contributed by atoms with E-state index in [9.17, 15) is 9.90 Å². The molecular formula is C20H21NO3. The number of hydrogen-bond donors (Lipinski definition) is 1. The summed E-state index contributed by atoms with van der Waals surface area (Å²) in [5.74, 6) is 0.191. The highest BCUT2D eigenvalue weighted by atomic mass is 16.5. The standard InChI is InChI=1S/C20H21NO3/c1-20(2,16-11-7-4-8-12-16)21-14-24-17(13-22)18(19(21)23)15-9-5-3-6-10-15/h3-12,22H,13-14H2,1-2H3. The fourth-order valence-corrected chi connectivity index (χ4v) is 2.96. The van der Waals surface area contributed by atoms with Crippen LogP contribution in [0.4, 0.5) is 0 Å². The fourth-order valence-electron chi connectivity index (χ4n) is 2.96. The van der Waals surface area contributed by atoms with Crippen LogP contribution in [0.3, 0.4) is 0 Å². The highest BCUT2D eigenvalue weighted by Gasteiger charge is 2.38. The van der Waals surface area contributed by atoms with Gasteiger partial charge >= 0.3 is 0 Å². The largest absolute Gasteiger partial charge is 0.474 e. The topological polar surface area (TPSA) is 49.8 Å². The van der Waals surface area contributed by atoms with Crippen molar-refractivity contribution in [2.75, 3.05) is 13.3 Å². The highest BCUT2D eigenvalue weighted by molar-refractivity contribution is 6.20. The number of hydrogen-bond acceptors (Lipinski definition) is 3. The van der Waals surface area contributed by atoms with Gasteiger partial charge in [0.2, 0.25) is 0 Å². The number of nitrogens with zero attached hydrogens (tertiary/aromatic N) is 1. The number of ether oxygens (including phenoxy) is 1. The monoisotopic (exact) mass is 323 g/mol. The van der Waals surface area contributed by atoms with Crippen molar-refractivity contribution in [1.29, 1.82) is 0 Å². The quantitative estimate of drug-likeness (QED) is 0.940. The van der Waals surface area contributed by atoms with Gasteiger partial charge in [-0.25, -0.2) is 0 Å². The Morgan fingerprint density at radius 1 is 1.04 bits per heavy atom. The van der Waals surface area contributed by atoms with Crippen molar-refractivity contribution in [3.05, 3.63) is 77.5 Å². The molecule has 1 amide bonds. The maximum absolute atomic E-state index is 13.2. The molecule has 0 atom stereocenters. The molecule has 3 rings (SSSR count). The Hall–Kier alpha value is -2.59. The zero-order chi connectivity index (χ0) is 17.2. The number of aliphatic hydroxyl groups is 1. The van der Waals surface area contributed by atoms with Gasteiger partial charge in [0.05, 0.1) is 11.1 Å². The van der Waals surface area contributed by atoms with E-state index in [1.807, 2.05) is 74.5 Å². The lowest BCUT2D eigenvalue weighted by molar-refractivity contribution is -0.140. The molecule has 24 heavy (non-hydrogen) atoms. The van der Waals surface area contributed by atoms with E-state index < -0.39 is 5.54 Å². The van der Waals surface area contributed by atoms with Gasteiger partial charge in [-0.2, -0.15) is 0 Å². The molecule has 0 bridgehead atoms. The first-order valence-corrected chi connectivity index (χ1v) is 7.95.